The molecule has 0 amide bonds. The maximum Gasteiger partial charge on any atom is 0.243 e. The Kier molecular flexibility index (Phi) is 6.27. The molecule has 0 spiro atoms. The largest absolute Gasteiger partial charge is 0.303 e. The number of sulfonamides is 2. The van der Waals surface area contributed by atoms with E-state index in [9.17, 15) is 16.8 Å². The fourth-order valence-electron chi connectivity index (χ4n) is 3.46. The van der Waals surface area contributed by atoms with Crippen molar-refractivity contribution in [3.05, 3.63) is 24.3 Å². The molecule has 1 saturated carbocycles. The first-order valence-electron chi connectivity index (χ1n) is 9.57. The van der Waals surface area contributed by atoms with Gasteiger partial charge in [-0.05, 0) is 76.0 Å². The highest BCUT2D eigenvalue weighted by atomic mass is 32.2. The highest BCUT2D eigenvalue weighted by molar-refractivity contribution is 7.89. The van der Waals surface area contributed by atoms with Crippen molar-refractivity contribution in [1.82, 2.24) is 13.9 Å². The molecule has 9 heteroatoms. The van der Waals surface area contributed by atoms with Crippen LogP contribution in [0.2, 0.25) is 0 Å². The Morgan fingerprint density at radius 3 is 2.07 bits per heavy atom. The van der Waals surface area contributed by atoms with E-state index in [2.05, 4.69) is 16.5 Å². The minimum atomic E-state index is -3.64. The molecule has 1 aliphatic heterocycles. The van der Waals surface area contributed by atoms with Gasteiger partial charge in [0.25, 0.3) is 0 Å². The van der Waals surface area contributed by atoms with E-state index in [1.54, 1.807) is 7.05 Å². The van der Waals surface area contributed by atoms with E-state index in [1.807, 2.05) is 0 Å². The third-order valence-corrected chi connectivity index (χ3v) is 8.78. The smallest absolute Gasteiger partial charge is 0.243 e. The molecule has 2 fully saturated rings. The van der Waals surface area contributed by atoms with Crippen molar-refractivity contribution in [2.24, 2.45) is 0 Å². The number of hydrogen-bond acceptors (Lipinski definition) is 5. The molecule has 1 aromatic rings. The maximum atomic E-state index is 12.9. The van der Waals surface area contributed by atoms with Crippen LogP contribution in [-0.2, 0) is 20.0 Å². The van der Waals surface area contributed by atoms with Gasteiger partial charge in [-0.1, -0.05) is 6.92 Å². The van der Waals surface area contributed by atoms with Gasteiger partial charge in [-0.3, -0.25) is 0 Å². The first-order valence-corrected chi connectivity index (χ1v) is 12.5. The first-order chi connectivity index (χ1) is 12.7. The van der Waals surface area contributed by atoms with Gasteiger partial charge in [0.15, 0.2) is 0 Å². The number of likely N-dealkylation sites (tertiary alicyclic amines) is 1. The van der Waals surface area contributed by atoms with Crippen molar-refractivity contribution in [1.29, 1.82) is 0 Å². The highest BCUT2D eigenvalue weighted by Gasteiger charge is 2.32. The van der Waals surface area contributed by atoms with Gasteiger partial charge in [-0.15, -0.1) is 0 Å². The van der Waals surface area contributed by atoms with Crippen molar-refractivity contribution in [2.45, 2.75) is 60.9 Å². The molecular weight excluding hydrogens is 386 g/mol. The molecular formula is C18H29N3O4S2. The lowest BCUT2D eigenvalue weighted by atomic mass is 10.1. The van der Waals surface area contributed by atoms with Gasteiger partial charge in [0.1, 0.15) is 0 Å². The average molecular weight is 416 g/mol. The SMILES string of the molecule is CCCN1CCC(N(C)S(=O)(=O)c2ccc(S(=O)(=O)NC3CC3)cc2)CC1. The van der Waals surface area contributed by atoms with E-state index in [1.165, 1.54) is 28.6 Å². The first kappa shape index (κ1) is 20.7. The summed E-state index contributed by atoms with van der Waals surface area (Å²) >= 11 is 0. The van der Waals surface area contributed by atoms with E-state index in [0.29, 0.717) is 0 Å². The summed E-state index contributed by atoms with van der Waals surface area (Å²) < 4.78 is 54.4. The van der Waals surface area contributed by atoms with Crippen LogP contribution in [0.1, 0.15) is 39.0 Å². The minimum Gasteiger partial charge on any atom is -0.303 e. The normalized spacial score (nSPS) is 20.3. The molecule has 0 unspecified atom stereocenters. The molecule has 0 aromatic heterocycles. The Morgan fingerprint density at radius 1 is 1.00 bits per heavy atom. The van der Waals surface area contributed by atoms with Crippen molar-refractivity contribution in [2.75, 3.05) is 26.7 Å². The second kappa shape index (κ2) is 8.16. The summed E-state index contributed by atoms with van der Waals surface area (Å²) in [6, 6.07) is 5.51. The van der Waals surface area contributed by atoms with E-state index >= 15 is 0 Å². The Balaban J connectivity index is 1.69. The molecule has 2 aliphatic rings. The van der Waals surface area contributed by atoms with Gasteiger partial charge in [0.05, 0.1) is 9.79 Å². The fourth-order valence-corrected chi connectivity index (χ4v) is 6.19. The number of hydrogen-bond donors (Lipinski definition) is 1. The van der Waals surface area contributed by atoms with Crippen LogP contribution in [-0.4, -0.2) is 64.8 Å². The summed E-state index contributed by atoms with van der Waals surface area (Å²) in [4.78, 5) is 2.60. The number of piperidine rings is 1. The second-order valence-electron chi connectivity index (χ2n) is 7.46. The van der Waals surface area contributed by atoms with Crippen LogP contribution < -0.4 is 4.72 Å². The Morgan fingerprint density at radius 2 is 1.56 bits per heavy atom. The Labute approximate surface area is 162 Å². The third kappa shape index (κ3) is 4.89. The van der Waals surface area contributed by atoms with E-state index in [-0.39, 0.29) is 21.9 Å². The van der Waals surface area contributed by atoms with Gasteiger partial charge in [-0.2, -0.15) is 4.31 Å². The minimum absolute atomic E-state index is 0.0168. The zero-order chi connectivity index (χ0) is 19.7. The molecule has 1 N–H and O–H groups in total. The van der Waals surface area contributed by atoms with Crippen molar-refractivity contribution < 1.29 is 16.8 Å². The quantitative estimate of drug-likeness (QED) is 0.697. The molecule has 0 atom stereocenters. The molecule has 1 heterocycles. The molecule has 152 valence electrons. The molecule has 0 radical (unpaired) electrons. The lowest BCUT2D eigenvalue weighted by Gasteiger charge is -2.36. The predicted molar refractivity (Wildman–Crippen MR) is 104 cm³/mol. The zero-order valence-electron chi connectivity index (χ0n) is 16.0. The van der Waals surface area contributed by atoms with Crippen LogP contribution in [0.25, 0.3) is 0 Å². The number of nitrogens with zero attached hydrogens (tertiary/aromatic N) is 2. The molecule has 7 nitrogen and oxygen atoms in total. The molecule has 27 heavy (non-hydrogen) atoms. The van der Waals surface area contributed by atoms with Crippen molar-refractivity contribution in [3.8, 4) is 0 Å². The van der Waals surface area contributed by atoms with Crippen LogP contribution in [0.3, 0.4) is 0 Å². The van der Waals surface area contributed by atoms with E-state index in [4.69, 9.17) is 0 Å². The lowest BCUT2D eigenvalue weighted by molar-refractivity contribution is 0.170. The molecule has 3 rings (SSSR count). The predicted octanol–water partition coefficient (Wildman–Crippen LogP) is 1.62. The summed E-state index contributed by atoms with van der Waals surface area (Å²) in [5.74, 6) is 0. The highest BCUT2D eigenvalue weighted by Crippen LogP contribution is 2.25. The monoisotopic (exact) mass is 415 g/mol. The van der Waals surface area contributed by atoms with Gasteiger partial charge in [0.2, 0.25) is 20.0 Å². The average Bonchev–Trinajstić information content (AvgIpc) is 3.45. The maximum absolute atomic E-state index is 12.9. The summed E-state index contributed by atoms with van der Waals surface area (Å²) in [5.41, 5.74) is 0. The fraction of sp³-hybridized carbons (Fsp3) is 0.667. The molecule has 1 saturated heterocycles. The lowest BCUT2D eigenvalue weighted by Crippen LogP contribution is -2.45. The standard InChI is InChI=1S/C18H29N3O4S2/c1-3-12-21-13-10-16(11-14-21)20(2)27(24,25)18-8-6-17(7-9-18)26(22,23)19-15-4-5-15/h6-9,15-16,19H,3-5,10-14H2,1-2H3. The summed E-state index contributed by atoms with van der Waals surface area (Å²) in [6.45, 7) is 5.01. The van der Waals surface area contributed by atoms with Crippen LogP contribution in [0.4, 0.5) is 0 Å². The Bertz CT molecular complexity index is 841. The van der Waals surface area contributed by atoms with E-state index < -0.39 is 20.0 Å². The van der Waals surface area contributed by atoms with Crippen molar-refractivity contribution in [3.63, 3.8) is 0 Å². The zero-order valence-corrected chi connectivity index (χ0v) is 17.6. The van der Waals surface area contributed by atoms with Gasteiger partial charge in [0, 0.05) is 19.1 Å². The van der Waals surface area contributed by atoms with Crippen LogP contribution >= 0.6 is 0 Å². The summed E-state index contributed by atoms with van der Waals surface area (Å²) in [7, 11) is -5.60. The van der Waals surface area contributed by atoms with Gasteiger partial charge < -0.3 is 4.90 Å². The third-order valence-electron chi connectivity index (χ3n) is 5.32. The number of nitrogens with one attached hydrogen (secondary N) is 1. The van der Waals surface area contributed by atoms with Gasteiger partial charge >= 0.3 is 0 Å². The summed E-state index contributed by atoms with van der Waals surface area (Å²) in [5, 5.41) is 0. The van der Waals surface area contributed by atoms with E-state index in [0.717, 1.165) is 51.7 Å². The second-order valence-corrected chi connectivity index (χ2v) is 11.2. The number of rotatable bonds is 8. The van der Waals surface area contributed by atoms with Crippen molar-refractivity contribution >= 4 is 20.0 Å². The van der Waals surface area contributed by atoms with Crippen LogP contribution in [0.15, 0.2) is 34.1 Å². The summed E-state index contributed by atoms with van der Waals surface area (Å²) in [6.07, 6.45) is 4.44. The molecule has 0 bridgehead atoms. The number of benzene rings is 1. The topological polar surface area (TPSA) is 86.8 Å². The van der Waals surface area contributed by atoms with Crippen LogP contribution in [0.5, 0.6) is 0 Å². The van der Waals surface area contributed by atoms with Crippen LogP contribution in [0, 0.1) is 0 Å². The van der Waals surface area contributed by atoms with Gasteiger partial charge in [-0.25, -0.2) is 21.6 Å². The molecule has 1 aliphatic carbocycles. The Hall–Kier alpha value is -1.00. The molecule has 1 aromatic carbocycles.